The van der Waals surface area contributed by atoms with Gasteiger partial charge in [0.15, 0.2) is 0 Å². The molecule has 5 aliphatic carbocycles. The normalized spacial score (nSPS) is 54.7. The molecule has 4 saturated carbocycles. The van der Waals surface area contributed by atoms with Gasteiger partial charge in [-0.2, -0.15) is 26.3 Å². The molecule has 0 N–H and O–H groups in total. The Morgan fingerprint density at radius 3 is 2.03 bits per heavy atom. The number of carbonyl (C=O) groups excluding carboxylic acids is 1. The number of carbonyl (C=O) groups is 1. The highest BCUT2D eigenvalue weighted by atomic mass is 19.4. The lowest BCUT2D eigenvalue weighted by atomic mass is 9.73. The molecule has 0 aromatic heterocycles. The molecule has 0 aromatic rings. The molecule has 4 bridgehead atoms. The first kappa shape index (κ1) is 19.6. The minimum atomic E-state index is -6.19. The lowest BCUT2D eigenvalue weighted by molar-refractivity contribution is -0.298. The van der Waals surface area contributed by atoms with Gasteiger partial charge in [-0.3, -0.25) is 4.79 Å². The Kier molecular flexibility index (Phi) is 3.33. The monoisotopic (exact) mass is 430 g/mol. The van der Waals surface area contributed by atoms with Gasteiger partial charge in [0.05, 0.1) is 5.41 Å². The van der Waals surface area contributed by atoms with Crippen molar-refractivity contribution < 1.29 is 44.7 Å². The van der Waals surface area contributed by atoms with Crippen LogP contribution in [-0.4, -0.2) is 41.2 Å². The Morgan fingerprint density at radius 2 is 1.48 bits per heavy atom. The van der Waals surface area contributed by atoms with Crippen LogP contribution in [0.5, 0.6) is 0 Å². The van der Waals surface area contributed by atoms with E-state index in [0.717, 1.165) is 0 Å². The lowest BCUT2D eigenvalue weighted by Gasteiger charge is -2.43. The predicted molar refractivity (Wildman–Crippen MR) is 82.1 cm³/mol. The van der Waals surface area contributed by atoms with Crippen LogP contribution in [0.3, 0.4) is 0 Å². The molecular weight excluding hydrogens is 412 g/mol. The zero-order valence-electron chi connectivity index (χ0n) is 15.2. The Hall–Kier alpha value is -1.35. The number of hydrogen-bond acceptors (Lipinski definition) is 2. The summed E-state index contributed by atoms with van der Waals surface area (Å²) in [6.07, 6.45) is 1.72. The van der Waals surface area contributed by atoms with Gasteiger partial charge >= 0.3 is 23.7 Å². The van der Waals surface area contributed by atoms with E-state index in [4.69, 9.17) is 4.74 Å². The van der Waals surface area contributed by atoms with Crippen LogP contribution in [-0.2, 0) is 9.53 Å². The zero-order valence-corrected chi connectivity index (χ0v) is 15.2. The Bertz CT molecular complexity index is 827. The second-order valence-corrected chi connectivity index (χ2v) is 9.47. The molecule has 0 aliphatic heterocycles. The molecule has 0 amide bonds. The van der Waals surface area contributed by atoms with Crippen LogP contribution in [0, 0.1) is 29.1 Å². The Labute approximate surface area is 160 Å². The molecule has 5 rings (SSSR count). The fourth-order valence-corrected chi connectivity index (χ4v) is 6.64. The van der Waals surface area contributed by atoms with E-state index in [1.807, 2.05) is 12.2 Å². The minimum absolute atomic E-state index is 0.139. The molecule has 0 spiro atoms. The van der Waals surface area contributed by atoms with Crippen molar-refractivity contribution in [2.45, 2.75) is 67.8 Å². The van der Waals surface area contributed by atoms with Crippen molar-refractivity contribution >= 4 is 5.97 Å². The number of fused-ring (bicyclic) bond motifs is 7. The number of ether oxygens (including phenoxy) is 1. The Morgan fingerprint density at radius 1 is 0.862 bits per heavy atom. The second-order valence-electron chi connectivity index (χ2n) is 9.47. The smallest absolute Gasteiger partial charge is 0.378 e. The van der Waals surface area contributed by atoms with Crippen molar-refractivity contribution in [3.8, 4) is 0 Å². The molecule has 0 heterocycles. The zero-order chi connectivity index (χ0) is 21.4. The number of hydrogen-bond donors (Lipinski definition) is 0. The summed E-state index contributed by atoms with van der Waals surface area (Å²) in [4.78, 5) is 12.7. The first-order valence-corrected chi connectivity index (χ1v) is 9.57. The highest BCUT2D eigenvalue weighted by Crippen LogP contribution is 2.79. The highest BCUT2D eigenvalue weighted by molar-refractivity contribution is 5.78. The van der Waals surface area contributed by atoms with Crippen molar-refractivity contribution in [2.24, 2.45) is 29.1 Å². The number of rotatable bonds is 2. The molecule has 0 saturated heterocycles. The number of halogens is 8. The molecule has 0 radical (unpaired) electrons. The first-order valence-electron chi connectivity index (χ1n) is 9.57. The Balaban J connectivity index is 1.47. The summed E-state index contributed by atoms with van der Waals surface area (Å²) in [5, 5.41) is 0. The van der Waals surface area contributed by atoms with Gasteiger partial charge in [0.1, 0.15) is 6.10 Å². The number of alkyl halides is 8. The van der Waals surface area contributed by atoms with Crippen molar-refractivity contribution in [3.05, 3.63) is 12.2 Å². The van der Waals surface area contributed by atoms with Crippen molar-refractivity contribution in [3.63, 3.8) is 0 Å². The summed E-state index contributed by atoms with van der Waals surface area (Å²) in [6, 6.07) is 0. The third-order valence-corrected chi connectivity index (χ3v) is 8.21. The SMILES string of the molecule is CC1(C(=O)OC2CC3CC2C2(F)C(F)(F)C(F)(F)C(F)(F)C32F)CC2C=CC1C2. The topological polar surface area (TPSA) is 26.3 Å². The fraction of sp³-hybridized carbons (Fsp3) is 0.842. The lowest BCUT2D eigenvalue weighted by Crippen LogP contribution is -2.64. The van der Waals surface area contributed by atoms with E-state index in [1.54, 1.807) is 6.92 Å². The first-order chi connectivity index (χ1) is 13.2. The highest BCUT2D eigenvalue weighted by Gasteiger charge is 3.04. The average Bonchev–Trinajstić information content (AvgIpc) is 3.37. The minimum Gasteiger partial charge on any atom is -0.462 e. The molecule has 2 nitrogen and oxygen atoms in total. The van der Waals surface area contributed by atoms with Crippen LogP contribution >= 0.6 is 0 Å². The van der Waals surface area contributed by atoms with E-state index in [0.29, 0.717) is 12.8 Å². The maximum atomic E-state index is 15.4. The third kappa shape index (κ3) is 1.70. The van der Waals surface area contributed by atoms with E-state index >= 15 is 8.78 Å². The van der Waals surface area contributed by atoms with Crippen LogP contribution in [0.1, 0.15) is 32.6 Å². The van der Waals surface area contributed by atoms with Crippen LogP contribution < -0.4 is 0 Å². The summed E-state index contributed by atoms with van der Waals surface area (Å²) in [6.45, 7) is 1.61. The van der Waals surface area contributed by atoms with E-state index in [2.05, 4.69) is 0 Å². The van der Waals surface area contributed by atoms with Crippen LogP contribution in [0.25, 0.3) is 0 Å². The molecule has 5 aliphatic rings. The van der Waals surface area contributed by atoms with Gasteiger partial charge in [0.2, 0.25) is 11.3 Å². The van der Waals surface area contributed by atoms with Gasteiger partial charge in [-0.15, -0.1) is 0 Å². The maximum Gasteiger partial charge on any atom is 0.378 e. The number of esters is 1. The van der Waals surface area contributed by atoms with Gasteiger partial charge in [0.25, 0.3) is 0 Å². The van der Waals surface area contributed by atoms with Gasteiger partial charge in [-0.25, -0.2) is 8.78 Å². The largest absolute Gasteiger partial charge is 0.462 e. The van der Waals surface area contributed by atoms with Gasteiger partial charge in [0, 0.05) is 11.8 Å². The fourth-order valence-electron chi connectivity index (χ4n) is 6.64. The molecule has 29 heavy (non-hydrogen) atoms. The second kappa shape index (κ2) is 4.93. The van der Waals surface area contributed by atoms with Crippen LogP contribution in [0.4, 0.5) is 35.1 Å². The quantitative estimate of drug-likeness (QED) is 0.355. The summed E-state index contributed by atoms with van der Waals surface area (Å²) in [7, 11) is 0. The summed E-state index contributed by atoms with van der Waals surface area (Å²) >= 11 is 0. The summed E-state index contributed by atoms with van der Waals surface area (Å²) in [5.41, 5.74) is -10.5. The molecule has 4 fully saturated rings. The predicted octanol–water partition coefficient (Wildman–Crippen LogP) is 4.88. The van der Waals surface area contributed by atoms with Crippen molar-refractivity contribution in [1.82, 2.24) is 0 Å². The van der Waals surface area contributed by atoms with E-state index in [9.17, 15) is 31.1 Å². The van der Waals surface area contributed by atoms with E-state index in [-0.39, 0.29) is 11.8 Å². The molecular formula is C19H18F8O2. The average molecular weight is 430 g/mol. The standard InChI is InChI=1S/C19H18F8O2/c1-14(7-8-2-3-9(14)4-8)13(28)29-12-6-10-5-11(12)16(21)15(10,20)17(22,23)19(26,27)18(16,24)25/h2-3,8-12H,4-7H2,1H3. The van der Waals surface area contributed by atoms with Crippen LogP contribution in [0.2, 0.25) is 0 Å². The summed E-state index contributed by atoms with van der Waals surface area (Å²) < 4.78 is 120. The van der Waals surface area contributed by atoms with Crippen LogP contribution in [0.15, 0.2) is 12.2 Å². The van der Waals surface area contributed by atoms with Gasteiger partial charge in [-0.1, -0.05) is 12.2 Å². The van der Waals surface area contributed by atoms with Gasteiger partial charge < -0.3 is 4.74 Å². The molecule has 10 heteroatoms. The molecule has 8 atom stereocenters. The van der Waals surface area contributed by atoms with E-state index < -0.39 is 71.3 Å². The number of allylic oxidation sites excluding steroid dienone is 2. The molecule has 0 aromatic carbocycles. The van der Waals surface area contributed by atoms with E-state index in [1.165, 1.54) is 0 Å². The third-order valence-electron chi connectivity index (χ3n) is 8.21. The molecule has 162 valence electrons. The maximum absolute atomic E-state index is 15.4. The summed E-state index contributed by atoms with van der Waals surface area (Å²) in [5.74, 6) is -23.2. The van der Waals surface area contributed by atoms with Crippen molar-refractivity contribution in [2.75, 3.05) is 0 Å². The molecule has 8 unspecified atom stereocenters. The van der Waals surface area contributed by atoms with Gasteiger partial charge in [-0.05, 0) is 44.4 Å². The van der Waals surface area contributed by atoms with Crippen molar-refractivity contribution in [1.29, 1.82) is 0 Å².